The highest BCUT2D eigenvalue weighted by molar-refractivity contribution is 9.10. The Kier molecular flexibility index (Phi) is 10.9. The zero-order valence-corrected chi connectivity index (χ0v) is 24.8. The van der Waals surface area contributed by atoms with Gasteiger partial charge in [-0.05, 0) is 73.7 Å². The zero-order valence-electron chi connectivity index (χ0n) is 21.7. The molecular formula is C27H28Br2F2N6O2. The number of imidazole rings is 2. The number of hydrogen-bond donors (Lipinski definition) is 1. The molecule has 0 aliphatic heterocycles. The second-order valence-electron chi connectivity index (χ2n) is 8.76. The van der Waals surface area contributed by atoms with Crippen molar-refractivity contribution in [2.45, 2.75) is 26.4 Å². The van der Waals surface area contributed by atoms with Gasteiger partial charge in [-0.3, -0.25) is 9.59 Å². The lowest BCUT2D eigenvalue weighted by atomic mass is 10.2. The lowest BCUT2D eigenvalue weighted by Gasteiger charge is -2.21. The van der Waals surface area contributed by atoms with Gasteiger partial charge in [0, 0.05) is 46.1 Å². The predicted molar refractivity (Wildman–Crippen MR) is 151 cm³/mol. The van der Waals surface area contributed by atoms with Crippen LogP contribution in [0.3, 0.4) is 0 Å². The Morgan fingerprint density at radius 2 is 1.44 bits per heavy atom. The van der Waals surface area contributed by atoms with E-state index < -0.39 is 0 Å². The Morgan fingerprint density at radius 1 is 0.897 bits per heavy atom. The predicted octanol–water partition coefficient (Wildman–Crippen LogP) is 5.63. The number of hydrogen-bond acceptors (Lipinski definition) is 4. The van der Waals surface area contributed by atoms with Crippen molar-refractivity contribution in [2.75, 3.05) is 6.54 Å². The van der Waals surface area contributed by atoms with Crippen molar-refractivity contribution in [3.63, 3.8) is 0 Å². The number of benzene rings is 2. The highest BCUT2D eigenvalue weighted by atomic mass is 79.9. The van der Waals surface area contributed by atoms with Gasteiger partial charge in [0.05, 0.1) is 21.6 Å². The number of nitrogens with one attached hydrogen (secondary N) is 1. The maximum Gasteiger partial charge on any atom is 0.274 e. The summed E-state index contributed by atoms with van der Waals surface area (Å²) in [5.41, 5.74) is 2.47. The second-order valence-corrected chi connectivity index (χ2v) is 10.5. The van der Waals surface area contributed by atoms with Crippen molar-refractivity contribution >= 4 is 43.7 Å². The van der Waals surface area contributed by atoms with Crippen LogP contribution in [0.25, 0.3) is 0 Å². The van der Waals surface area contributed by atoms with Crippen LogP contribution in [0.2, 0.25) is 0 Å². The first-order valence-electron chi connectivity index (χ1n) is 12.0. The van der Waals surface area contributed by atoms with E-state index in [4.69, 9.17) is 0 Å². The van der Waals surface area contributed by atoms with E-state index in [0.717, 1.165) is 17.5 Å². The number of carbonyl (C=O) groups excluding carboxylic acids is 2. The van der Waals surface area contributed by atoms with Crippen LogP contribution in [-0.4, -0.2) is 42.4 Å². The van der Waals surface area contributed by atoms with Gasteiger partial charge in [-0.15, -0.1) is 0 Å². The molecule has 0 spiro atoms. The molecule has 0 radical (unpaired) electrons. The molecule has 0 aliphatic carbocycles. The molecule has 0 fully saturated rings. The van der Waals surface area contributed by atoms with E-state index in [9.17, 15) is 18.4 Å². The van der Waals surface area contributed by atoms with Gasteiger partial charge in [-0.2, -0.15) is 0 Å². The molecule has 0 aliphatic rings. The minimum atomic E-state index is -0.324. The molecule has 206 valence electrons. The van der Waals surface area contributed by atoms with Gasteiger partial charge < -0.3 is 19.4 Å². The Hall–Kier alpha value is -3.38. The fraction of sp³-hybridized carbons (Fsp3) is 0.259. The molecule has 0 unspecified atom stereocenters. The Morgan fingerprint density at radius 3 is 1.95 bits per heavy atom. The molecule has 2 amide bonds. The normalized spacial score (nSPS) is 10.5. The number of aromatic nitrogens is 4. The number of amides is 2. The van der Waals surface area contributed by atoms with E-state index in [1.54, 1.807) is 70.4 Å². The van der Waals surface area contributed by atoms with Crippen LogP contribution in [0.15, 0.2) is 70.4 Å². The summed E-state index contributed by atoms with van der Waals surface area (Å²) in [6, 6.07) is 9.39. The molecule has 2 aromatic carbocycles. The third kappa shape index (κ3) is 8.82. The Bertz CT molecular complexity index is 1440. The van der Waals surface area contributed by atoms with Gasteiger partial charge in [0.2, 0.25) is 0 Å². The standard InChI is InChI=1S/C15H17BrFN3O.C12H11BrFN3O/c1-3-6-20(15(21)14-9-19(2)10-18-14)8-11-4-5-13(17)12(16)7-11;1-17-6-11(16-7-17)12(18)15-5-8-2-3-10(14)9(13)4-8/h4-5,7,9-10H,3,6,8H2,1-2H3;2-4,6-7H,5H2,1H3,(H,15,18). The summed E-state index contributed by atoms with van der Waals surface area (Å²) >= 11 is 6.26. The van der Waals surface area contributed by atoms with Gasteiger partial charge in [0.1, 0.15) is 23.0 Å². The van der Waals surface area contributed by atoms with Crippen LogP contribution in [0.5, 0.6) is 0 Å². The molecule has 4 rings (SSSR count). The second kappa shape index (κ2) is 14.1. The maximum absolute atomic E-state index is 13.3. The highest BCUT2D eigenvalue weighted by Crippen LogP contribution is 2.19. The summed E-state index contributed by atoms with van der Waals surface area (Å²) in [4.78, 5) is 33.9. The SMILES string of the molecule is CCCN(Cc1ccc(F)c(Br)c1)C(=O)c1cn(C)cn1.Cn1cnc(C(=O)NCc2ccc(F)c(Br)c2)c1. The number of rotatable bonds is 8. The van der Waals surface area contributed by atoms with E-state index in [0.29, 0.717) is 40.0 Å². The monoisotopic (exact) mass is 664 g/mol. The molecular weight excluding hydrogens is 638 g/mol. The van der Waals surface area contributed by atoms with Crippen LogP contribution >= 0.6 is 31.9 Å². The first kappa shape index (κ1) is 30.2. The van der Waals surface area contributed by atoms with Gasteiger partial charge in [-0.1, -0.05) is 19.1 Å². The van der Waals surface area contributed by atoms with Crippen molar-refractivity contribution in [2.24, 2.45) is 14.1 Å². The molecule has 0 saturated heterocycles. The summed E-state index contributed by atoms with van der Waals surface area (Å²) in [6.07, 6.45) is 7.34. The molecule has 0 bridgehead atoms. The minimum absolute atomic E-state index is 0.113. The van der Waals surface area contributed by atoms with Gasteiger partial charge in [0.15, 0.2) is 0 Å². The Balaban J connectivity index is 0.000000218. The van der Waals surface area contributed by atoms with Crippen LogP contribution in [0.4, 0.5) is 8.78 Å². The van der Waals surface area contributed by atoms with E-state index >= 15 is 0 Å². The van der Waals surface area contributed by atoms with E-state index in [1.165, 1.54) is 12.1 Å². The van der Waals surface area contributed by atoms with E-state index in [2.05, 4.69) is 47.1 Å². The summed E-state index contributed by atoms with van der Waals surface area (Å²) in [5.74, 6) is -0.999. The van der Waals surface area contributed by atoms with Gasteiger partial charge in [0.25, 0.3) is 11.8 Å². The van der Waals surface area contributed by atoms with Crippen molar-refractivity contribution in [3.05, 3.63) is 105 Å². The summed E-state index contributed by atoms with van der Waals surface area (Å²) in [6.45, 7) is 3.40. The van der Waals surface area contributed by atoms with Crippen molar-refractivity contribution in [3.8, 4) is 0 Å². The summed E-state index contributed by atoms with van der Waals surface area (Å²) < 4.78 is 30.5. The molecule has 39 heavy (non-hydrogen) atoms. The van der Waals surface area contributed by atoms with Crippen molar-refractivity contribution in [1.82, 2.24) is 29.3 Å². The highest BCUT2D eigenvalue weighted by Gasteiger charge is 2.18. The molecule has 2 heterocycles. The molecule has 2 aromatic heterocycles. The number of carbonyl (C=O) groups is 2. The molecule has 12 heteroatoms. The topological polar surface area (TPSA) is 85.1 Å². The van der Waals surface area contributed by atoms with E-state index in [1.807, 2.05) is 14.0 Å². The molecule has 1 N–H and O–H groups in total. The number of aryl methyl sites for hydroxylation is 2. The van der Waals surface area contributed by atoms with Crippen molar-refractivity contribution in [1.29, 1.82) is 0 Å². The van der Waals surface area contributed by atoms with Crippen molar-refractivity contribution < 1.29 is 18.4 Å². The third-order valence-corrected chi connectivity index (χ3v) is 6.65. The molecule has 8 nitrogen and oxygen atoms in total. The summed E-state index contributed by atoms with van der Waals surface area (Å²) in [7, 11) is 3.62. The lowest BCUT2D eigenvalue weighted by Crippen LogP contribution is -2.31. The first-order chi connectivity index (χ1) is 18.6. The molecule has 4 aromatic rings. The van der Waals surface area contributed by atoms with E-state index in [-0.39, 0.29) is 23.4 Å². The lowest BCUT2D eigenvalue weighted by molar-refractivity contribution is 0.0737. The average Bonchev–Trinajstić information content (AvgIpc) is 3.54. The van der Waals surface area contributed by atoms with Crippen LogP contribution < -0.4 is 5.32 Å². The third-order valence-electron chi connectivity index (χ3n) is 5.44. The quantitative estimate of drug-likeness (QED) is 0.265. The maximum atomic E-state index is 13.3. The molecule has 0 saturated carbocycles. The smallest absolute Gasteiger partial charge is 0.274 e. The zero-order chi connectivity index (χ0) is 28.5. The van der Waals surface area contributed by atoms with Gasteiger partial charge in [-0.25, -0.2) is 18.7 Å². The number of nitrogens with zero attached hydrogens (tertiary/aromatic N) is 5. The first-order valence-corrected chi connectivity index (χ1v) is 13.6. The Labute approximate surface area is 242 Å². The average molecular weight is 666 g/mol. The van der Waals surface area contributed by atoms with Gasteiger partial charge >= 0.3 is 0 Å². The fourth-order valence-corrected chi connectivity index (χ4v) is 4.37. The minimum Gasteiger partial charge on any atom is -0.347 e. The van der Waals surface area contributed by atoms with Crippen LogP contribution in [-0.2, 0) is 27.2 Å². The largest absolute Gasteiger partial charge is 0.347 e. The van der Waals surface area contributed by atoms with Crippen LogP contribution in [0, 0.1) is 11.6 Å². The molecule has 0 atom stereocenters. The summed E-state index contributed by atoms with van der Waals surface area (Å²) in [5, 5.41) is 2.72. The van der Waals surface area contributed by atoms with Crippen LogP contribution in [0.1, 0.15) is 45.4 Å². The number of halogens is 4. The fourth-order valence-electron chi connectivity index (χ4n) is 3.52.